The Hall–Kier alpha value is -4.15. The van der Waals surface area contributed by atoms with E-state index < -0.39 is 16.1 Å². The Morgan fingerprint density at radius 3 is 2.58 bits per heavy atom. The Morgan fingerprint density at radius 1 is 1.00 bits per heavy atom. The van der Waals surface area contributed by atoms with Gasteiger partial charge in [0, 0.05) is 48.2 Å². The van der Waals surface area contributed by atoms with E-state index in [-0.39, 0.29) is 16.6 Å². The van der Waals surface area contributed by atoms with Crippen molar-refractivity contribution < 1.29 is 18.0 Å². The molecule has 2 aromatic heterocycles. The van der Waals surface area contributed by atoms with Crippen molar-refractivity contribution >= 4 is 38.3 Å². The zero-order valence-corrected chi connectivity index (χ0v) is 21.6. The molecule has 2 N–H and O–H groups in total. The van der Waals surface area contributed by atoms with Gasteiger partial charge in [-0.2, -0.15) is 0 Å². The lowest BCUT2D eigenvalue weighted by molar-refractivity contribution is 0.0626. The van der Waals surface area contributed by atoms with Crippen molar-refractivity contribution in [2.24, 2.45) is 0 Å². The van der Waals surface area contributed by atoms with Crippen LogP contribution in [0.2, 0.25) is 0 Å². The number of rotatable bonds is 6. The van der Waals surface area contributed by atoms with Crippen LogP contribution < -0.4 is 10.0 Å². The number of aromatic nitrogens is 2. The van der Waals surface area contributed by atoms with Gasteiger partial charge in [0.05, 0.1) is 11.2 Å². The number of benzene rings is 2. The number of hydrogen-bond acceptors (Lipinski definition) is 7. The highest BCUT2D eigenvalue weighted by atomic mass is 32.2. The molecule has 1 fully saturated rings. The maximum Gasteiger partial charge on any atom is 0.264 e. The number of sulfonamides is 1. The van der Waals surface area contributed by atoms with Crippen molar-refractivity contribution in [3.63, 3.8) is 0 Å². The average Bonchev–Trinajstić information content (AvgIpc) is 3.19. The van der Waals surface area contributed by atoms with Gasteiger partial charge in [0.25, 0.3) is 15.9 Å². The molecule has 0 spiro atoms. The molecule has 9 nitrogen and oxygen atoms in total. The van der Waals surface area contributed by atoms with Gasteiger partial charge in [0.2, 0.25) is 0 Å². The fourth-order valence-electron chi connectivity index (χ4n) is 4.63. The molecule has 0 bridgehead atoms. The maximum absolute atomic E-state index is 13.6. The third kappa shape index (κ3) is 5.13. The predicted molar refractivity (Wildman–Crippen MR) is 145 cm³/mol. The molecule has 1 aliphatic rings. The summed E-state index contributed by atoms with van der Waals surface area (Å²) in [5.74, 6) is -0.434. The van der Waals surface area contributed by atoms with E-state index in [9.17, 15) is 18.0 Å². The summed E-state index contributed by atoms with van der Waals surface area (Å²) in [5.41, 5.74) is 2.20. The lowest BCUT2D eigenvalue weighted by Crippen LogP contribution is -2.48. The first kappa shape index (κ1) is 25.5. The van der Waals surface area contributed by atoms with Gasteiger partial charge in [-0.05, 0) is 67.9 Å². The van der Waals surface area contributed by atoms with Crippen LogP contribution >= 0.6 is 0 Å². The number of hydrogen-bond donors (Lipinski definition) is 2. The molecule has 1 aliphatic heterocycles. The van der Waals surface area contributed by atoms with Gasteiger partial charge in [0.15, 0.2) is 5.78 Å². The molecule has 3 heterocycles. The monoisotopic (exact) mass is 529 g/mol. The van der Waals surface area contributed by atoms with Crippen LogP contribution in [0.5, 0.6) is 0 Å². The van der Waals surface area contributed by atoms with Crippen LogP contribution in [0.4, 0.5) is 5.69 Å². The molecule has 1 amide bonds. The highest BCUT2D eigenvalue weighted by molar-refractivity contribution is 7.93. The van der Waals surface area contributed by atoms with Crippen LogP contribution in [0.1, 0.15) is 32.7 Å². The first-order chi connectivity index (χ1) is 18.3. The first-order valence-corrected chi connectivity index (χ1v) is 13.8. The fourth-order valence-corrected chi connectivity index (χ4v) is 5.95. The number of nitrogens with zero attached hydrogens (tertiary/aromatic N) is 3. The largest absolute Gasteiger partial charge is 0.327 e. The van der Waals surface area contributed by atoms with E-state index in [1.54, 1.807) is 85.0 Å². The molecule has 1 unspecified atom stereocenters. The van der Waals surface area contributed by atoms with E-state index in [0.29, 0.717) is 53.9 Å². The molecule has 4 aromatic rings. The number of fused-ring (bicyclic) bond motifs is 1. The first-order valence-electron chi connectivity index (χ1n) is 12.3. The molecule has 0 radical (unpaired) electrons. The average molecular weight is 530 g/mol. The third-order valence-electron chi connectivity index (χ3n) is 6.60. The van der Waals surface area contributed by atoms with E-state index in [1.807, 2.05) is 0 Å². The molecular weight excluding hydrogens is 502 g/mol. The van der Waals surface area contributed by atoms with Crippen molar-refractivity contribution in [2.45, 2.75) is 24.3 Å². The van der Waals surface area contributed by atoms with Crippen molar-refractivity contribution in [3.05, 3.63) is 95.9 Å². The molecule has 10 heteroatoms. The van der Waals surface area contributed by atoms with Crippen LogP contribution in [0, 0.1) is 6.92 Å². The second-order valence-corrected chi connectivity index (χ2v) is 10.8. The number of pyridine rings is 2. The second kappa shape index (κ2) is 10.7. The van der Waals surface area contributed by atoms with Gasteiger partial charge < -0.3 is 10.2 Å². The third-order valence-corrected chi connectivity index (χ3v) is 7.99. The number of nitrogens with one attached hydrogen (secondary N) is 2. The number of Topliss-reactive ketones (excluding diaryl/α,β-unsaturated/α-hetero) is 1. The van der Waals surface area contributed by atoms with E-state index in [1.165, 1.54) is 6.07 Å². The Kier molecular flexibility index (Phi) is 7.17. The summed E-state index contributed by atoms with van der Waals surface area (Å²) < 4.78 is 29.1. The summed E-state index contributed by atoms with van der Waals surface area (Å²) in [4.78, 5) is 36.8. The smallest absolute Gasteiger partial charge is 0.264 e. The number of anilines is 1. The Balaban J connectivity index is 1.40. The summed E-state index contributed by atoms with van der Waals surface area (Å²) in [6.07, 6.45) is 5.38. The second-order valence-electron chi connectivity index (χ2n) is 9.14. The normalized spacial score (nSPS) is 16.1. The number of carbonyl (C=O) groups is 2. The summed E-state index contributed by atoms with van der Waals surface area (Å²) in [6.45, 7) is 3.21. The van der Waals surface area contributed by atoms with Crippen molar-refractivity contribution in [3.8, 4) is 0 Å². The maximum atomic E-state index is 13.6. The Morgan fingerprint density at radius 2 is 1.79 bits per heavy atom. The fraction of sp³-hybridized carbons (Fsp3) is 0.214. The van der Waals surface area contributed by atoms with Crippen LogP contribution in [0.3, 0.4) is 0 Å². The minimum absolute atomic E-state index is 0.0738. The summed E-state index contributed by atoms with van der Waals surface area (Å²) in [5, 5.41) is 3.96. The standard InChI is InChI=1S/C28H27N5O4S/c1-19-17-22(28(35)33-16-4-12-30-18-24(33)27(34)21-10-14-29-15-11-21)8-9-23(19)32-38(36,37)25-7-2-5-20-6-3-13-31-26(20)25/h2-3,5-11,13-15,17,24,30,32H,4,12,16,18H2,1H3. The molecule has 2 aromatic carbocycles. The van der Waals surface area contributed by atoms with E-state index >= 15 is 0 Å². The van der Waals surface area contributed by atoms with Crippen molar-refractivity contribution in [1.29, 1.82) is 0 Å². The lowest BCUT2D eigenvalue weighted by atomic mass is 10.0. The van der Waals surface area contributed by atoms with E-state index in [0.717, 1.165) is 5.39 Å². The summed E-state index contributed by atoms with van der Waals surface area (Å²) in [7, 11) is -3.94. The van der Waals surface area contributed by atoms with Gasteiger partial charge >= 0.3 is 0 Å². The number of ketones is 1. The minimum Gasteiger partial charge on any atom is -0.327 e. The van der Waals surface area contributed by atoms with Crippen LogP contribution in [0.25, 0.3) is 10.9 Å². The van der Waals surface area contributed by atoms with Gasteiger partial charge in [-0.3, -0.25) is 24.3 Å². The van der Waals surface area contributed by atoms with Gasteiger partial charge in [-0.25, -0.2) is 8.42 Å². The summed E-state index contributed by atoms with van der Waals surface area (Å²) >= 11 is 0. The summed E-state index contributed by atoms with van der Waals surface area (Å²) in [6, 6.07) is 16.0. The van der Waals surface area contributed by atoms with Crippen LogP contribution in [-0.4, -0.2) is 60.7 Å². The van der Waals surface area contributed by atoms with E-state index in [2.05, 4.69) is 20.0 Å². The molecule has 1 saturated heterocycles. The molecule has 0 aliphatic carbocycles. The molecular formula is C28H27N5O4S. The zero-order chi connectivity index (χ0) is 26.7. The zero-order valence-electron chi connectivity index (χ0n) is 20.8. The van der Waals surface area contributed by atoms with Crippen molar-refractivity contribution in [1.82, 2.24) is 20.2 Å². The molecule has 194 valence electrons. The molecule has 38 heavy (non-hydrogen) atoms. The topological polar surface area (TPSA) is 121 Å². The van der Waals surface area contributed by atoms with Crippen LogP contribution in [-0.2, 0) is 10.0 Å². The quantitative estimate of drug-likeness (QED) is 0.367. The SMILES string of the molecule is Cc1cc(C(=O)N2CCCNCC2C(=O)c2ccncc2)ccc1NS(=O)(=O)c1cccc2cccnc12. The molecule has 1 atom stereocenters. The molecule has 5 rings (SSSR count). The Bertz CT molecular complexity index is 1600. The highest BCUT2D eigenvalue weighted by Gasteiger charge is 2.32. The van der Waals surface area contributed by atoms with Crippen LogP contribution in [0.15, 0.2) is 84.1 Å². The highest BCUT2D eigenvalue weighted by Crippen LogP contribution is 2.26. The number of amides is 1. The van der Waals surface area contributed by atoms with Gasteiger partial charge in [-0.15, -0.1) is 0 Å². The molecule has 0 saturated carbocycles. The minimum atomic E-state index is -3.94. The van der Waals surface area contributed by atoms with E-state index in [4.69, 9.17) is 0 Å². The van der Waals surface area contributed by atoms with Gasteiger partial charge in [-0.1, -0.05) is 18.2 Å². The predicted octanol–water partition coefficient (Wildman–Crippen LogP) is 3.43. The number of carbonyl (C=O) groups excluding carboxylic acids is 2. The lowest BCUT2D eigenvalue weighted by Gasteiger charge is -2.29. The van der Waals surface area contributed by atoms with Crippen molar-refractivity contribution in [2.75, 3.05) is 24.4 Å². The van der Waals surface area contributed by atoms with Gasteiger partial charge in [0.1, 0.15) is 10.9 Å². The number of para-hydroxylation sites is 1. The Labute approximate surface area is 221 Å². The number of aryl methyl sites for hydroxylation is 1.